The lowest BCUT2D eigenvalue weighted by atomic mass is 10.0. The van der Waals surface area contributed by atoms with Crippen LogP contribution in [0.3, 0.4) is 0 Å². The van der Waals surface area contributed by atoms with E-state index in [1.54, 1.807) is 0 Å². The predicted octanol–water partition coefficient (Wildman–Crippen LogP) is 2.86. The van der Waals surface area contributed by atoms with Crippen molar-refractivity contribution in [1.82, 2.24) is 0 Å². The van der Waals surface area contributed by atoms with Gasteiger partial charge >= 0.3 is 0 Å². The fraction of sp³-hybridized carbons (Fsp3) is 0.500. The highest BCUT2D eigenvalue weighted by atomic mass is 15.2. The zero-order valence-electron chi connectivity index (χ0n) is 9.61. The number of rotatable bonds is 1. The van der Waals surface area contributed by atoms with E-state index in [0.29, 0.717) is 6.04 Å². The molecule has 1 aliphatic carbocycles. The van der Waals surface area contributed by atoms with Crippen LogP contribution in [0.5, 0.6) is 0 Å². The maximum atomic E-state index is 9.20. The van der Waals surface area contributed by atoms with Crippen LogP contribution in [-0.2, 0) is 0 Å². The third-order valence-electron chi connectivity index (χ3n) is 4.05. The quantitative estimate of drug-likeness (QED) is 0.715. The number of hydrogen-bond acceptors (Lipinski definition) is 2. The van der Waals surface area contributed by atoms with Crippen LogP contribution in [0.2, 0.25) is 0 Å². The summed E-state index contributed by atoms with van der Waals surface area (Å²) in [6.07, 6.45) is 4.03. The zero-order valence-corrected chi connectivity index (χ0v) is 9.61. The molecule has 1 saturated carbocycles. The van der Waals surface area contributed by atoms with Gasteiger partial charge in [0.05, 0.1) is 11.3 Å². The molecule has 1 heterocycles. The molecule has 0 radical (unpaired) electrons. The van der Waals surface area contributed by atoms with Crippen LogP contribution >= 0.6 is 0 Å². The Labute approximate surface area is 96.5 Å². The topological polar surface area (TPSA) is 27.0 Å². The van der Waals surface area contributed by atoms with Crippen molar-refractivity contribution in [2.45, 2.75) is 32.2 Å². The first-order valence-corrected chi connectivity index (χ1v) is 6.06. The molecule has 0 spiro atoms. The molecule has 2 atom stereocenters. The first kappa shape index (κ1) is 9.72. The molecule has 0 N–H and O–H groups in total. The molecule has 1 aromatic rings. The normalized spacial score (nSPS) is 27.1. The summed E-state index contributed by atoms with van der Waals surface area (Å²) in [5.41, 5.74) is 3.27. The van der Waals surface area contributed by atoms with Crippen molar-refractivity contribution in [3.63, 3.8) is 0 Å². The summed E-state index contributed by atoms with van der Waals surface area (Å²) < 4.78 is 0. The molecule has 2 nitrogen and oxygen atoms in total. The Morgan fingerprint density at radius 2 is 2.25 bits per heavy atom. The molecule has 1 aliphatic heterocycles. The molecule has 1 aromatic carbocycles. The lowest BCUT2D eigenvalue weighted by molar-refractivity contribution is 0.553. The number of piperidine rings is 1. The molecule has 16 heavy (non-hydrogen) atoms. The number of hydrogen-bond donors (Lipinski definition) is 0. The number of nitriles is 1. The smallest absolute Gasteiger partial charge is 0.101 e. The minimum absolute atomic E-state index is 0.693. The Balaban J connectivity index is 2.04. The maximum Gasteiger partial charge on any atom is 0.101 e. The highest BCUT2D eigenvalue weighted by Crippen LogP contribution is 2.42. The Kier molecular flexibility index (Phi) is 2.14. The van der Waals surface area contributed by atoms with Gasteiger partial charge in [-0.2, -0.15) is 5.26 Å². The first-order valence-electron chi connectivity index (χ1n) is 6.06. The van der Waals surface area contributed by atoms with Crippen molar-refractivity contribution in [3.05, 3.63) is 29.3 Å². The lowest BCUT2D eigenvalue weighted by Gasteiger charge is -2.31. The molecule has 0 aromatic heterocycles. The molecule has 3 rings (SSSR count). The SMILES string of the molecule is Cc1cccc(C#N)c1N1CC2CCC1C2. The molecule has 2 heteroatoms. The average Bonchev–Trinajstić information content (AvgIpc) is 2.90. The van der Waals surface area contributed by atoms with Gasteiger partial charge in [-0.15, -0.1) is 0 Å². The Bertz CT molecular complexity index is 458. The van der Waals surface area contributed by atoms with Gasteiger partial charge in [-0.05, 0) is 43.7 Å². The molecule has 2 unspecified atom stereocenters. The van der Waals surface area contributed by atoms with E-state index < -0.39 is 0 Å². The number of benzene rings is 1. The van der Waals surface area contributed by atoms with E-state index >= 15 is 0 Å². The minimum Gasteiger partial charge on any atom is -0.367 e. The molecule has 1 saturated heterocycles. The van der Waals surface area contributed by atoms with Gasteiger partial charge in [0.25, 0.3) is 0 Å². The van der Waals surface area contributed by atoms with Crippen molar-refractivity contribution in [2.75, 3.05) is 11.4 Å². The van der Waals surface area contributed by atoms with Gasteiger partial charge in [0.2, 0.25) is 0 Å². The van der Waals surface area contributed by atoms with Gasteiger partial charge in [-0.25, -0.2) is 0 Å². The van der Waals surface area contributed by atoms with Crippen LogP contribution in [0.15, 0.2) is 18.2 Å². The lowest BCUT2D eigenvalue weighted by Crippen LogP contribution is -2.33. The number of anilines is 1. The van der Waals surface area contributed by atoms with E-state index in [0.717, 1.165) is 18.0 Å². The zero-order chi connectivity index (χ0) is 11.1. The fourth-order valence-electron chi connectivity index (χ4n) is 3.33. The number of aryl methyl sites for hydroxylation is 1. The van der Waals surface area contributed by atoms with Gasteiger partial charge in [0.1, 0.15) is 6.07 Å². The number of nitrogens with zero attached hydrogens (tertiary/aromatic N) is 2. The van der Waals surface area contributed by atoms with Crippen molar-refractivity contribution in [1.29, 1.82) is 5.26 Å². The average molecular weight is 212 g/mol. The van der Waals surface area contributed by atoms with Crippen LogP contribution in [0, 0.1) is 24.2 Å². The van der Waals surface area contributed by atoms with Crippen LogP contribution in [0.25, 0.3) is 0 Å². The van der Waals surface area contributed by atoms with Gasteiger partial charge in [-0.1, -0.05) is 12.1 Å². The molecule has 2 aliphatic rings. The summed E-state index contributed by atoms with van der Waals surface area (Å²) in [5.74, 6) is 0.871. The summed E-state index contributed by atoms with van der Waals surface area (Å²) >= 11 is 0. The van der Waals surface area contributed by atoms with E-state index in [2.05, 4.69) is 24.0 Å². The van der Waals surface area contributed by atoms with Gasteiger partial charge in [0, 0.05) is 12.6 Å². The van der Waals surface area contributed by atoms with Gasteiger partial charge < -0.3 is 4.90 Å². The number of para-hydroxylation sites is 1. The van der Waals surface area contributed by atoms with Crippen LogP contribution < -0.4 is 4.90 Å². The largest absolute Gasteiger partial charge is 0.367 e. The molecular formula is C14H16N2. The Hall–Kier alpha value is -1.49. The highest BCUT2D eigenvalue weighted by molar-refractivity contribution is 5.65. The Morgan fingerprint density at radius 3 is 2.88 bits per heavy atom. The van der Waals surface area contributed by atoms with Crippen molar-refractivity contribution in [2.24, 2.45) is 5.92 Å². The van der Waals surface area contributed by atoms with Crippen molar-refractivity contribution in [3.8, 4) is 6.07 Å². The maximum absolute atomic E-state index is 9.20. The van der Waals surface area contributed by atoms with Crippen molar-refractivity contribution >= 4 is 5.69 Å². The standard InChI is InChI=1S/C14H16N2/c1-10-3-2-4-12(8-15)14(10)16-9-11-5-6-13(16)7-11/h2-4,11,13H,5-7,9H2,1H3. The number of fused-ring (bicyclic) bond motifs is 2. The van der Waals surface area contributed by atoms with Gasteiger partial charge in [0.15, 0.2) is 0 Å². The summed E-state index contributed by atoms with van der Waals surface area (Å²) in [5, 5.41) is 9.20. The minimum atomic E-state index is 0.693. The van der Waals surface area contributed by atoms with E-state index in [4.69, 9.17) is 0 Å². The third kappa shape index (κ3) is 1.31. The van der Waals surface area contributed by atoms with Crippen LogP contribution in [-0.4, -0.2) is 12.6 Å². The third-order valence-corrected chi connectivity index (χ3v) is 4.05. The van der Waals surface area contributed by atoms with E-state index in [-0.39, 0.29) is 0 Å². The fourth-order valence-corrected chi connectivity index (χ4v) is 3.33. The second-order valence-electron chi connectivity index (χ2n) is 5.07. The second-order valence-corrected chi connectivity index (χ2v) is 5.07. The van der Waals surface area contributed by atoms with Crippen LogP contribution in [0.4, 0.5) is 5.69 Å². The molecule has 2 bridgehead atoms. The highest BCUT2D eigenvalue weighted by Gasteiger charge is 2.38. The summed E-state index contributed by atoms with van der Waals surface area (Å²) in [4.78, 5) is 2.47. The first-order chi connectivity index (χ1) is 7.79. The van der Waals surface area contributed by atoms with E-state index in [1.165, 1.54) is 30.5 Å². The monoisotopic (exact) mass is 212 g/mol. The van der Waals surface area contributed by atoms with Crippen molar-refractivity contribution < 1.29 is 0 Å². The predicted molar refractivity (Wildman–Crippen MR) is 64.4 cm³/mol. The van der Waals surface area contributed by atoms with Crippen LogP contribution in [0.1, 0.15) is 30.4 Å². The molecule has 2 fully saturated rings. The van der Waals surface area contributed by atoms with Gasteiger partial charge in [-0.3, -0.25) is 0 Å². The second kappa shape index (κ2) is 3.52. The summed E-state index contributed by atoms with van der Waals surface area (Å²) in [7, 11) is 0. The van der Waals surface area contributed by atoms with E-state index in [1.807, 2.05) is 12.1 Å². The summed E-state index contributed by atoms with van der Waals surface area (Å²) in [6, 6.07) is 9.05. The molecule has 82 valence electrons. The molecule has 0 amide bonds. The Morgan fingerprint density at radius 1 is 1.38 bits per heavy atom. The molecular weight excluding hydrogens is 196 g/mol. The summed E-state index contributed by atoms with van der Waals surface area (Å²) in [6.45, 7) is 3.27. The van der Waals surface area contributed by atoms with E-state index in [9.17, 15) is 5.26 Å².